The standard InChI is InChI=1S/C16H19ClN4O2/c17-14-6-1-2-7-15(14)20-16(22)19-12-9-18-21(10-12)11-13-5-3-4-8-23-13/h1-2,6-7,9-10,13H,3-5,8,11H2,(H2,19,20,22)/t13-/m1/s1. The van der Waals surface area contributed by atoms with Crippen molar-refractivity contribution in [2.24, 2.45) is 0 Å². The Morgan fingerprint density at radius 3 is 3.00 bits per heavy atom. The summed E-state index contributed by atoms with van der Waals surface area (Å²) in [5.41, 5.74) is 1.19. The number of amides is 2. The number of hydrogen-bond acceptors (Lipinski definition) is 3. The average molecular weight is 335 g/mol. The summed E-state index contributed by atoms with van der Waals surface area (Å²) in [7, 11) is 0. The van der Waals surface area contributed by atoms with E-state index in [0.29, 0.717) is 22.9 Å². The fourth-order valence-corrected chi connectivity index (χ4v) is 2.72. The fraction of sp³-hybridized carbons (Fsp3) is 0.375. The van der Waals surface area contributed by atoms with Crippen LogP contribution in [0.2, 0.25) is 5.02 Å². The van der Waals surface area contributed by atoms with Gasteiger partial charge in [0.05, 0.1) is 35.2 Å². The van der Waals surface area contributed by atoms with Gasteiger partial charge in [0.15, 0.2) is 0 Å². The van der Waals surface area contributed by atoms with Gasteiger partial charge in [-0.15, -0.1) is 0 Å². The maximum Gasteiger partial charge on any atom is 0.323 e. The van der Waals surface area contributed by atoms with E-state index in [4.69, 9.17) is 16.3 Å². The molecule has 7 heteroatoms. The Bertz CT molecular complexity index is 668. The number of ether oxygens (including phenoxy) is 1. The van der Waals surface area contributed by atoms with E-state index in [-0.39, 0.29) is 12.1 Å². The number of nitrogens with one attached hydrogen (secondary N) is 2. The van der Waals surface area contributed by atoms with Crippen LogP contribution in [0.5, 0.6) is 0 Å². The van der Waals surface area contributed by atoms with Gasteiger partial charge in [0.25, 0.3) is 0 Å². The molecule has 0 saturated carbocycles. The average Bonchev–Trinajstić information content (AvgIpc) is 2.97. The molecule has 1 saturated heterocycles. The lowest BCUT2D eigenvalue weighted by Crippen LogP contribution is -2.24. The van der Waals surface area contributed by atoms with E-state index < -0.39 is 0 Å². The Balaban J connectivity index is 1.54. The van der Waals surface area contributed by atoms with Crippen LogP contribution >= 0.6 is 11.6 Å². The summed E-state index contributed by atoms with van der Waals surface area (Å²) < 4.78 is 7.48. The van der Waals surface area contributed by atoms with Gasteiger partial charge in [-0.05, 0) is 31.4 Å². The summed E-state index contributed by atoms with van der Waals surface area (Å²) in [5.74, 6) is 0. The van der Waals surface area contributed by atoms with Crippen LogP contribution in [0.4, 0.5) is 16.2 Å². The smallest absolute Gasteiger partial charge is 0.323 e. The second-order valence-electron chi connectivity index (χ2n) is 5.50. The van der Waals surface area contributed by atoms with E-state index in [1.54, 1.807) is 29.2 Å². The highest BCUT2D eigenvalue weighted by atomic mass is 35.5. The Morgan fingerprint density at radius 2 is 2.22 bits per heavy atom. The molecule has 1 atom stereocenters. The lowest BCUT2D eigenvalue weighted by atomic mass is 10.1. The number of rotatable bonds is 4. The van der Waals surface area contributed by atoms with E-state index in [0.717, 1.165) is 19.4 Å². The molecule has 2 amide bonds. The Morgan fingerprint density at radius 1 is 1.35 bits per heavy atom. The molecule has 0 spiro atoms. The molecule has 2 N–H and O–H groups in total. The Kier molecular flexibility index (Phi) is 5.15. The molecule has 0 bridgehead atoms. The molecule has 6 nitrogen and oxygen atoms in total. The maximum absolute atomic E-state index is 12.0. The zero-order chi connectivity index (χ0) is 16.1. The van der Waals surface area contributed by atoms with Gasteiger partial charge in [-0.2, -0.15) is 5.10 Å². The molecule has 1 aliphatic rings. The minimum atomic E-state index is -0.355. The predicted molar refractivity (Wildman–Crippen MR) is 89.9 cm³/mol. The zero-order valence-corrected chi connectivity index (χ0v) is 13.4. The minimum absolute atomic E-state index is 0.202. The first-order valence-corrected chi connectivity index (χ1v) is 8.05. The van der Waals surface area contributed by atoms with Crippen molar-refractivity contribution in [1.82, 2.24) is 9.78 Å². The number of anilines is 2. The molecule has 122 valence electrons. The second kappa shape index (κ2) is 7.48. The van der Waals surface area contributed by atoms with Gasteiger partial charge in [0.2, 0.25) is 0 Å². The van der Waals surface area contributed by atoms with Crippen LogP contribution in [0.25, 0.3) is 0 Å². The quantitative estimate of drug-likeness (QED) is 0.894. The van der Waals surface area contributed by atoms with Crippen LogP contribution in [0.1, 0.15) is 19.3 Å². The molecule has 0 radical (unpaired) electrons. The molecule has 23 heavy (non-hydrogen) atoms. The molecule has 1 aromatic heterocycles. The number of carbonyl (C=O) groups is 1. The number of halogens is 1. The van der Waals surface area contributed by atoms with E-state index in [1.807, 2.05) is 12.1 Å². The highest BCUT2D eigenvalue weighted by Crippen LogP contribution is 2.20. The molecule has 0 aliphatic carbocycles. The largest absolute Gasteiger partial charge is 0.376 e. The summed E-state index contributed by atoms with van der Waals surface area (Å²) in [6.45, 7) is 1.52. The highest BCUT2D eigenvalue weighted by Gasteiger charge is 2.15. The number of urea groups is 1. The summed E-state index contributed by atoms with van der Waals surface area (Å²) in [6, 6.07) is 6.73. The number of hydrogen-bond donors (Lipinski definition) is 2. The molecule has 0 unspecified atom stereocenters. The first kappa shape index (κ1) is 15.8. The van der Waals surface area contributed by atoms with Gasteiger partial charge in [-0.25, -0.2) is 4.79 Å². The molecule has 1 aliphatic heterocycles. The second-order valence-corrected chi connectivity index (χ2v) is 5.91. The van der Waals surface area contributed by atoms with Crippen LogP contribution < -0.4 is 10.6 Å². The van der Waals surface area contributed by atoms with E-state index in [9.17, 15) is 4.79 Å². The van der Waals surface area contributed by atoms with Crippen molar-refractivity contribution in [3.63, 3.8) is 0 Å². The first-order chi connectivity index (χ1) is 11.2. The third-order valence-electron chi connectivity index (χ3n) is 3.68. The summed E-state index contributed by atoms with van der Waals surface area (Å²) in [4.78, 5) is 12.0. The monoisotopic (exact) mass is 334 g/mol. The Labute approximate surface area is 139 Å². The number of nitrogens with zero attached hydrogens (tertiary/aromatic N) is 2. The highest BCUT2D eigenvalue weighted by molar-refractivity contribution is 6.33. The van der Waals surface area contributed by atoms with Gasteiger partial charge in [0, 0.05) is 12.8 Å². The maximum atomic E-state index is 12.0. The Hall–Kier alpha value is -2.05. The fourth-order valence-electron chi connectivity index (χ4n) is 2.54. The summed E-state index contributed by atoms with van der Waals surface area (Å²) >= 11 is 6.01. The van der Waals surface area contributed by atoms with Gasteiger partial charge in [-0.3, -0.25) is 4.68 Å². The molecule has 2 heterocycles. The molecular formula is C16H19ClN4O2. The predicted octanol–water partition coefficient (Wildman–Crippen LogP) is 3.75. The van der Waals surface area contributed by atoms with Crippen LogP contribution in [0.15, 0.2) is 36.7 Å². The minimum Gasteiger partial charge on any atom is -0.376 e. The molecule has 3 rings (SSSR count). The van der Waals surface area contributed by atoms with E-state index in [1.165, 1.54) is 6.42 Å². The van der Waals surface area contributed by atoms with Crippen LogP contribution in [-0.2, 0) is 11.3 Å². The van der Waals surface area contributed by atoms with Crippen LogP contribution in [0, 0.1) is 0 Å². The van der Waals surface area contributed by atoms with Crippen molar-refractivity contribution >= 4 is 29.0 Å². The van der Waals surface area contributed by atoms with Crippen molar-refractivity contribution in [1.29, 1.82) is 0 Å². The van der Waals surface area contributed by atoms with Crippen LogP contribution in [0.3, 0.4) is 0 Å². The van der Waals surface area contributed by atoms with Crippen molar-refractivity contribution in [3.8, 4) is 0 Å². The van der Waals surface area contributed by atoms with Crippen molar-refractivity contribution in [2.45, 2.75) is 31.9 Å². The number of carbonyl (C=O) groups excluding carboxylic acids is 1. The lowest BCUT2D eigenvalue weighted by molar-refractivity contribution is 0.00401. The van der Waals surface area contributed by atoms with Crippen molar-refractivity contribution in [3.05, 3.63) is 41.7 Å². The number of benzene rings is 1. The van der Waals surface area contributed by atoms with Gasteiger partial charge in [0.1, 0.15) is 0 Å². The van der Waals surface area contributed by atoms with Gasteiger partial charge >= 0.3 is 6.03 Å². The zero-order valence-electron chi connectivity index (χ0n) is 12.7. The lowest BCUT2D eigenvalue weighted by Gasteiger charge is -2.22. The summed E-state index contributed by atoms with van der Waals surface area (Å²) in [6.07, 6.45) is 6.99. The third-order valence-corrected chi connectivity index (χ3v) is 4.01. The van der Waals surface area contributed by atoms with Crippen LogP contribution in [-0.4, -0.2) is 28.5 Å². The van der Waals surface area contributed by atoms with E-state index in [2.05, 4.69) is 15.7 Å². The number of para-hydroxylation sites is 1. The van der Waals surface area contributed by atoms with Gasteiger partial charge < -0.3 is 15.4 Å². The van der Waals surface area contributed by atoms with Crippen molar-refractivity contribution < 1.29 is 9.53 Å². The van der Waals surface area contributed by atoms with E-state index >= 15 is 0 Å². The molecule has 1 aromatic carbocycles. The third kappa shape index (κ3) is 4.46. The summed E-state index contributed by atoms with van der Waals surface area (Å²) in [5, 5.41) is 10.2. The molecule has 2 aromatic rings. The molecule has 1 fully saturated rings. The topological polar surface area (TPSA) is 68.2 Å². The SMILES string of the molecule is O=C(Nc1cnn(C[C@H]2CCCCO2)c1)Nc1ccccc1Cl. The molecular weight excluding hydrogens is 316 g/mol. The van der Waals surface area contributed by atoms with Gasteiger partial charge in [-0.1, -0.05) is 23.7 Å². The number of aromatic nitrogens is 2. The first-order valence-electron chi connectivity index (χ1n) is 7.67. The van der Waals surface area contributed by atoms with Crippen molar-refractivity contribution in [2.75, 3.05) is 17.2 Å². The normalized spacial score (nSPS) is 17.7.